The second-order valence-corrected chi connectivity index (χ2v) is 6.73. The van der Waals surface area contributed by atoms with Gasteiger partial charge in [0.15, 0.2) is 6.61 Å². The lowest BCUT2D eigenvalue weighted by Gasteiger charge is -2.08. The van der Waals surface area contributed by atoms with Gasteiger partial charge in [-0.25, -0.2) is 0 Å². The molecule has 0 atom stereocenters. The molecule has 0 fully saturated rings. The summed E-state index contributed by atoms with van der Waals surface area (Å²) < 4.78 is 16.0. The average molecular weight is 415 g/mol. The molecule has 0 bridgehead atoms. The van der Waals surface area contributed by atoms with Crippen LogP contribution in [0, 0.1) is 0 Å². The Bertz CT molecular complexity index is 1120. The molecule has 7 heteroatoms. The molecule has 1 N–H and O–H groups in total. The van der Waals surface area contributed by atoms with E-state index in [1.165, 1.54) is 0 Å². The van der Waals surface area contributed by atoms with Crippen molar-refractivity contribution in [3.63, 3.8) is 0 Å². The molecule has 0 radical (unpaired) electrons. The largest absolute Gasteiger partial charge is 0.497 e. The number of benzene rings is 3. The average Bonchev–Trinajstić information content (AvgIpc) is 3.33. The summed E-state index contributed by atoms with van der Waals surface area (Å²) in [5, 5.41) is 6.85. The van der Waals surface area contributed by atoms with Crippen LogP contribution in [0.4, 0.5) is 0 Å². The van der Waals surface area contributed by atoms with Crippen LogP contribution in [0.5, 0.6) is 11.5 Å². The smallest absolute Gasteiger partial charge is 0.258 e. The number of nitrogens with one attached hydrogen (secondary N) is 1. The third kappa shape index (κ3) is 5.27. The highest BCUT2D eigenvalue weighted by Gasteiger charge is 2.11. The van der Waals surface area contributed by atoms with Crippen molar-refractivity contribution in [1.82, 2.24) is 15.5 Å². The van der Waals surface area contributed by atoms with E-state index < -0.39 is 0 Å². The summed E-state index contributed by atoms with van der Waals surface area (Å²) >= 11 is 0. The van der Waals surface area contributed by atoms with E-state index >= 15 is 0 Å². The number of aromatic nitrogens is 2. The summed E-state index contributed by atoms with van der Waals surface area (Å²) in [4.78, 5) is 16.5. The number of hydrogen-bond donors (Lipinski definition) is 1. The molecule has 0 saturated heterocycles. The predicted octanol–water partition coefficient (Wildman–Crippen LogP) is 4.11. The first-order chi connectivity index (χ1) is 15.2. The van der Waals surface area contributed by atoms with Crippen LogP contribution in [0.3, 0.4) is 0 Å². The minimum Gasteiger partial charge on any atom is -0.497 e. The molecule has 3 aromatic carbocycles. The highest BCUT2D eigenvalue weighted by molar-refractivity contribution is 5.77. The Hall–Kier alpha value is -4.13. The maximum Gasteiger partial charge on any atom is 0.258 e. The Labute approximate surface area is 179 Å². The highest BCUT2D eigenvalue weighted by Crippen LogP contribution is 2.24. The summed E-state index contributed by atoms with van der Waals surface area (Å²) in [6.45, 7) is 0.347. The second-order valence-electron chi connectivity index (χ2n) is 6.73. The van der Waals surface area contributed by atoms with Gasteiger partial charge in [0.25, 0.3) is 11.8 Å². The van der Waals surface area contributed by atoms with Crippen LogP contribution in [-0.2, 0) is 11.3 Å². The van der Waals surface area contributed by atoms with E-state index in [4.69, 9.17) is 14.0 Å². The first-order valence-electron chi connectivity index (χ1n) is 9.73. The lowest BCUT2D eigenvalue weighted by molar-refractivity contribution is -0.123. The van der Waals surface area contributed by atoms with Gasteiger partial charge in [0.1, 0.15) is 11.5 Å². The number of hydrogen-bond acceptors (Lipinski definition) is 6. The SMILES string of the molecule is COc1ccc(CNC(=O)COc2ccc(-c3nc(-c4ccccc4)no3)cc2)cc1. The molecule has 0 aliphatic carbocycles. The number of carbonyl (C=O) groups excluding carboxylic acids is 1. The Morgan fingerprint density at radius 1 is 0.903 bits per heavy atom. The minimum atomic E-state index is -0.204. The molecule has 4 rings (SSSR count). The van der Waals surface area contributed by atoms with Crippen molar-refractivity contribution in [2.45, 2.75) is 6.54 Å². The number of nitrogens with zero attached hydrogens (tertiary/aromatic N) is 2. The summed E-state index contributed by atoms with van der Waals surface area (Å²) in [6, 6.07) is 24.3. The summed E-state index contributed by atoms with van der Waals surface area (Å²) in [7, 11) is 1.62. The molecule has 0 unspecified atom stereocenters. The van der Waals surface area contributed by atoms with Gasteiger partial charge in [-0.1, -0.05) is 47.6 Å². The zero-order valence-corrected chi connectivity index (χ0v) is 16.9. The molecule has 1 aromatic heterocycles. The number of methoxy groups -OCH3 is 1. The van der Waals surface area contributed by atoms with E-state index in [-0.39, 0.29) is 12.5 Å². The molecule has 7 nitrogen and oxygen atoms in total. The van der Waals surface area contributed by atoms with Crippen molar-refractivity contribution < 1.29 is 18.8 Å². The Morgan fingerprint density at radius 2 is 1.61 bits per heavy atom. The summed E-state index contributed by atoms with van der Waals surface area (Å²) in [5.74, 6) is 2.10. The van der Waals surface area contributed by atoms with Gasteiger partial charge in [0.05, 0.1) is 7.11 Å². The van der Waals surface area contributed by atoms with E-state index in [0.717, 1.165) is 22.4 Å². The third-order valence-electron chi connectivity index (χ3n) is 4.58. The molecule has 0 aliphatic rings. The topological polar surface area (TPSA) is 86.5 Å². The Morgan fingerprint density at radius 3 is 2.32 bits per heavy atom. The normalized spacial score (nSPS) is 10.5. The minimum absolute atomic E-state index is 0.0752. The molecule has 31 heavy (non-hydrogen) atoms. The van der Waals surface area contributed by atoms with Gasteiger partial charge in [-0.3, -0.25) is 4.79 Å². The first kappa shape index (κ1) is 20.2. The molecular formula is C24H21N3O4. The van der Waals surface area contributed by atoms with Crippen molar-refractivity contribution in [3.05, 3.63) is 84.4 Å². The van der Waals surface area contributed by atoms with Crippen molar-refractivity contribution in [2.75, 3.05) is 13.7 Å². The monoisotopic (exact) mass is 415 g/mol. The van der Waals surface area contributed by atoms with Gasteiger partial charge in [-0.05, 0) is 42.0 Å². The summed E-state index contributed by atoms with van der Waals surface area (Å²) in [5.41, 5.74) is 2.64. The quantitative estimate of drug-likeness (QED) is 0.466. The van der Waals surface area contributed by atoms with Crippen LogP contribution in [0.2, 0.25) is 0 Å². The first-order valence-corrected chi connectivity index (χ1v) is 9.73. The van der Waals surface area contributed by atoms with Gasteiger partial charge in [-0.2, -0.15) is 4.98 Å². The number of amides is 1. The van der Waals surface area contributed by atoms with E-state index in [1.807, 2.05) is 66.7 Å². The van der Waals surface area contributed by atoms with Crippen LogP contribution in [-0.4, -0.2) is 29.8 Å². The maximum absolute atomic E-state index is 12.0. The van der Waals surface area contributed by atoms with Crippen LogP contribution in [0.1, 0.15) is 5.56 Å². The standard InChI is InChI=1S/C24H21N3O4/c1-29-20-11-7-17(8-12-20)15-25-22(28)16-30-21-13-9-19(10-14-21)24-26-23(27-31-24)18-5-3-2-4-6-18/h2-14H,15-16H2,1H3,(H,25,28). The molecule has 0 spiro atoms. The van der Waals surface area contributed by atoms with Crippen molar-refractivity contribution >= 4 is 5.91 Å². The zero-order chi connectivity index (χ0) is 21.5. The van der Waals surface area contributed by atoms with Gasteiger partial charge in [0.2, 0.25) is 5.82 Å². The van der Waals surface area contributed by atoms with E-state index in [2.05, 4.69) is 15.5 Å². The van der Waals surface area contributed by atoms with Gasteiger partial charge in [-0.15, -0.1) is 0 Å². The molecule has 1 amide bonds. The van der Waals surface area contributed by atoms with Crippen LogP contribution >= 0.6 is 0 Å². The lowest BCUT2D eigenvalue weighted by Crippen LogP contribution is -2.28. The molecule has 1 heterocycles. The highest BCUT2D eigenvalue weighted by atomic mass is 16.5. The van der Waals surface area contributed by atoms with Crippen molar-refractivity contribution in [1.29, 1.82) is 0 Å². The fourth-order valence-electron chi connectivity index (χ4n) is 2.88. The van der Waals surface area contributed by atoms with E-state index in [1.54, 1.807) is 19.2 Å². The molecule has 156 valence electrons. The Kier molecular flexibility index (Phi) is 6.23. The van der Waals surface area contributed by atoms with Gasteiger partial charge in [0, 0.05) is 17.7 Å². The molecular weight excluding hydrogens is 394 g/mol. The third-order valence-corrected chi connectivity index (χ3v) is 4.58. The summed E-state index contributed by atoms with van der Waals surface area (Å²) in [6.07, 6.45) is 0. The molecule has 0 aliphatic heterocycles. The Balaban J connectivity index is 1.28. The van der Waals surface area contributed by atoms with Crippen molar-refractivity contribution in [3.8, 4) is 34.3 Å². The maximum atomic E-state index is 12.0. The van der Waals surface area contributed by atoms with E-state index in [0.29, 0.717) is 24.0 Å². The van der Waals surface area contributed by atoms with Crippen LogP contribution < -0.4 is 14.8 Å². The van der Waals surface area contributed by atoms with Crippen LogP contribution in [0.25, 0.3) is 22.8 Å². The van der Waals surface area contributed by atoms with Crippen molar-refractivity contribution in [2.24, 2.45) is 0 Å². The van der Waals surface area contributed by atoms with Gasteiger partial charge >= 0.3 is 0 Å². The lowest BCUT2D eigenvalue weighted by atomic mass is 10.2. The fraction of sp³-hybridized carbons (Fsp3) is 0.125. The number of rotatable bonds is 8. The van der Waals surface area contributed by atoms with E-state index in [9.17, 15) is 4.79 Å². The molecule has 4 aromatic rings. The fourth-order valence-corrected chi connectivity index (χ4v) is 2.88. The zero-order valence-electron chi connectivity index (χ0n) is 16.9. The number of ether oxygens (including phenoxy) is 2. The molecule has 0 saturated carbocycles. The second kappa shape index (κ2) is 9.58. The number of carbonyl (C=O) groups is 1. The van der Waals surface area contributed by atoms with Crippen LogP contribution in [0.15, 0.2) is 83.4 Å². The van der Waals surface area contributed by atoms with Gasteiger partial charge < -0.3 is 19.3 Å². The predicted molar refractivity (Wildman–Crippen MR) is 116 cm³/mol.